The molecule has 0 aliphatic heterocycles. The first kappa shape index (κ1) is 18.6. The van der Waals surface area contributed by atoms with Crippen LogP contribution in [0, 0.1) is 17.1 Å². The van der Waals surface area contributed by atoms with Crippen LogP contribution in [0.15, 0.2) is 65.5 Å². The van der Waals surface area contributed by atoms with Crippen LogP contribution in [0.2, 0.25) is 0 Å². The molecule has 0 bridgehead atoms. The van der Waals surface area contributed by atoms with Gasteiger partial charge in [-0.15, -0.1) is 10.2 Å². The van der Waals surface area contributed by atoms with E-state index in [0.29, 0.717) is 16.9 Å². The summed E-state index contributed by atoms with van der Waals surface area (Å²) in [5, 5.41) is 22.8. The van der Waals surface area contributed by atoms with E-state index < -0.39 is 11.9 Å². The second-order valence-corrected chi connectivity index (χ2v) is 6.85. The van der Waals surface area contributed by atoms with Gasteiger partial charge in [0.2, 0.25) is 5.89 Å². The van der Waals surface area contributed by atoms with Crippen LogP contribution in [-0.4, -0.2) is 29.9 Å². The van der Waals surface area contributed by atoms with Gasteiger partial charge in [-0.25, -0.2) is 19.0 Å². The Morgan fingerprint density at radius 1 is 1.13 bits per heavy atom. The lowest BCUT2D eigenvalue weighted by Crippen LogP contribution is -2.09. The SMILES string of the molecule is CC(c1nnc(-c2ccccc2F)o1)n1nc(-c2cccc(C#N)c2)c2cncnc21. The minimum absolute atomic E-state index is 0.0907. The zero-order valence-corrected chi connectivity index (χ0v) is 16.3. The van der Waals surface area contributed by atoms with Crippen LogP contribution in [0.4, 0.5) is 4.39 Å². The summed E-state index contributed by atoms with van der Waals surface area (Å²) in [7, 11) is 0. The Morgan fingerprint density at radius 3 is 2.84 bits per heavy atom. The quantitative estimate of drug-likeness (QED) is 0.437. The van der Waals surface area contributed by atoms with Crippen molar-refractivity contribution in [1.82, 2.24) is 29.9 Å². The molecule has 150 valence electrons. The van der Waals surface area contributed by atoms with Crippen molar-refractivity contribution < 1.29 is 8.81 Å². The molecule has 1 atom stereocenters. The first-order chi connectivity index (χ1) is 15.2. The minimum Gasteiger partial charge on any atom is -0.418 e. The second-order valence-electron chi connectivity index (χ2n) is 6.85. The minimum atomic E-state index is -0.474. The fourth-order valence-electron chi connectivity index (χ4n) is 3.35. The molecule has 0 radical (unpaired) electrons. The Morgan fingerprint density at radius 2 is 2.00 bits per heavy atom. The smallest absolute Gasteiger partial charge is 0.250 e. The molecule has 0 N–H and O–H groups in total. The van der Waals surface area contributed by atoms with Crippen molar-refractivity contribution in [2.45, 2.75) is 13.0 Å². The van der Waals surface area contributed by atoms with Gasteiger partial charge in [0, 0.05) is 11.8 Å². The largest absolute Gasteiger partial charge is 0.418 e. The van der Waals surface area contributed by atoms with Gasteiger partial charge >= 0.3 is 0 Å². The lowest BCUT2D eigenvalue weighted by atomic mass is 10.1. The maximum Gasteiger partial charge on any atom is 0.250 e. The van der Waals surface area contributed by atoms with Crippen molar-refractivity contribution in [3.05, 3.63) is 78.3 Å². The van der Waals surface area contributed by atoms with Gasteiger partial charge in [-0.2, -0.15) is 10.4 Å². The first-order valence-corrected chi connectivity index (χ1v) is 9.43. The number of hydrogen-bond acceptors (Lipinski definition) is 7. The summed E-state index contributed by atoms with van der Waals surface area (Å²) in [6.45, 7) is 1.84. The summed E-state index contributed by atoms with van der Waals surface area (Å²) >= 11 is 0. The van der Waals surface area contributed by atoms with Crippen molar-refractivity contribution in [3.63, 3.8) is 0 Å². The van der Waals surface area contributed by atoms with E-state index in [1.165, 1.54) is 12.4 Å². The summed E-state index contributed by atoms with van der Waals surface area (Å²) in [5.41, 5.74) is 2.73. The molecule has 0 amide bonds. The predicted octanol–water partition coefficient (Wildman–Crippen LogP) is 4.16. The molecular formula is C22H14FN7O. The standard InChI is InChI=1S/C22H14FN7O/c1-13(21-27-28-22(31-21)16-7-2-3-8-18(16)23)30-20-17(11-25-12-26-20)19(29-30)15-6-4-5-14(9-15)10-24/h2-9,11-13H,1H3. The Balaban J connectivity index is 1.60. The predicted molar refractivity (Wildman–Crippen MR) is 109 cm³/mol. The molecule has 0 aliphatic rings. The number of aromatic nitrogens is 6. The molecule has 0 spiro atoms. The highest BCUT2D eigenvalue weighted by Crippen LogP contribution is 2.31. The summed E-state index contributed by atoms with van der Waals surface area (Å²) < 4.78 is 21.5. The van der Waals surface area contributed by atoms with E-state index in [1.54, 1.807) is 47.3 Å². The van der Waals surface area contributed by atoms with E-state index in [1.807, 2.05) is 13.0 Å². The molecule has 31 heavy (non-hydrogen) atoms. The number of nitriles is 1. The second kappa shape index (κ2) is 7.42. The summed E-state index contributed by atoms with van der Waals surface area (Å²) in [5.74, 6) is -0.0890. The van der Waals surface area contributed by atoms with Crippen LogP contribution >= 0.6 is 0 Å². The van der Waals surface area contributed by atoms with Crippen LogP contribution < -0.4 is 0 Å². The Hall–Kier alpha value is -4.45. The van der Waals surface area contributed by atoms with Crippen LogP contribution in [0.5, 0.6) is 0 Å². The summed E-state index contributed by atoms with van der Waals surface area (Å²) in [6, 6.07) is 15.0. The Labute approximate surface area is 175 Å². The number of nitrogens with zero attached hydrogens (tertiary/aromatic N) is 7. The van der Waals surface area contributed by atoms with E-state index in [2.05, 4.69) is 26.2 Å². The number of fused-ring (bicyclic) bond motifs is 1. The average molecular weight is 411 g/mol. The van der Waals surface area contributed by atoms with Crippen molar-refractivity contribution in [3.8, 4) is 28.8 Å². The molecule has 0 saturated heterocycles. The number of hydrogen-bond donors (Lipinski definition) is 0. The molecule has 1 unspecified atom stereocenters. The first-order valence-electron chi connectivity index (χ1n) is 9.43. The topological polar surface area (TPSA) is 106 Å². The maximum absolute atomic E-state index is 14.1. The third-order valence-corrected chi connectivity index (χ3v) is 4.91. The fourth-order valence-corrected chi connectivity index (χ4v) is 3.35. The molecule has 8 nitrogen and oxygen atoms in total. The van der Waals surface area contributed by atoms with Crippen molar-refractivity contribution in [2.75, 3.05) is 0 Å². The van der Waals surface area contributed by atoms with Gasteiger partial charge in [0.1, 0.15) is 23.9 Å². The lowest BCUT2D eigenvalue weighted by Gasteiger charge is -2.08. The highest BCUT2D eigenvalue weighted by atomic mass is 19.1. The zero-order chi connectivity index (χ0) is 21.4. The van der Waals surface area contributed by atoms with Gasteiger partial charge in [-0.1, -0.05) is 24.3 Å². The van der Waals surface area contributed by atoms with Crippen LogP contribution in [0.25, 0.3) is 33.7 Å². The Kier molecular flexibility index (Phi) is 4.45. The van der Waals surface area contributed by atoms with Gasteiger partial charge in [0.15, 0.2) is 5.65 Å². The van der Waals surface area contributed by atoms with Gasteiger partial charge in [0.05, 0.1) is 22.6 Å². The van der Waals surface area contributed by atoms with Gasteiger partial charge in [-0.3, -0.25) is 0 Å². The van der Waals surface area contributed by atoms with Crippen molar-refractivity contribution >= 4 is 11.0 Å². The van der Waals surface area contributed by atoms with E-state index >= 15 is 0 Å². The average Bonchev–Trinajstić information content (AvgIpc) is 3.45. The third kappa shape index (κ3) is 3.20. The molecule has 3 heterocycles. The molecule has 9 heteroatoms. The lowest BCUT2D eigenvalue weighted by molar-refractivity contribution is 0.421. The molecule has 2 aromatic carbocycles. The van der Waals surface area contributed by atoms with E-state index in [4.69, 9.17) is 9.52 Å². The molecule has 0 fully saturated rings. The zero-order valence-electron chi connectivity index (χ0n) is 16.3. The normalized spacial score (nSPS) is 12.0. The molecule has 0 saturated carbocycles. The summed E-state index contributed by atoms with van der Waals surface area (Å²) in [6.07, 6.45) is 3.10. The van der Waals surface area contributed by atoms with E-state index in [-0.39, 0.29) is 17.3 Å². The van der Waals surface area contributed by atoms with Gasteiger partial charge in [-0.05, 0) is 31.2 Å². The highest BCUT2D eigenvalue weighted by molar-refractivity contribution is 5.90. The third-order valence-electron chi connectivity index (χ3n) is 4.91. The van der Waals surface area contributed by atoms with Crippen molar-refractivity contribution in [1.29, 1.82) is 5.26 Å². The van der Waals surface area contributed by atoms with E-state index in [9.17, 15) is 9.65 Å². The van der Waals surface area contributed by atoms with E-state index in [0.717, 1.165) is 10.9 Å². The molecule has 5 aromatic rings. The van der Waals surface area contributed by atoms with Crippen molar-refractivity contribution in [2.24, 2.45) is 0 Å². The fraction of sp³-hybridized carbons (Fsp3) is 0.0909. The Bertz CT molecular complexity index is 1450. The van der Waals surface area contributed by atoms with Crippen LogP contribution in [0.1, 0.15) is 24.4 Å². The van der Waals surface area contributed by atoms with Crippen LogP contribution in [0.3, 0.4) is 0 Å². The van der Waals surface area contributed by atoms with Gasteiger partial charge < -0.3 is 4.42 Å². The molecule has 5 rings (SSSR count). The monoisotopic (exact) mass is 411 g/mol. The molecule has 0 aliphatic carbocycles. The highest BCUT2D eigenvalue weighted by Gasteiger charge is 2.23. The van der Waals surface area contributed by atoms with Crippen LogP contribution in [-0.2, 0) is 0 Å². The summed E-state index contributed by atoms with van der Waals surface area (Å²) in [4.78, 5) is 8.49. The van der Waals surface area contributed by atoms with Gasteiger partial charge in [0.25, 0.3) is 5.89 Å². The number of rotatable bonds is 4. The number of halogens is 1. The molecule has 3 aromatic heterocycles. The number of benzene rings is 2. The maximum atomic E-state index is 14.1. The molecular weight excluding hydrogens is 397 g/mol.